The van der Waals surface area contributed by atoms with Gasteiger partial charge in [0.15, 0.2) is 0 Å². The summed E-state index contributed by atoms with van der Waals surface area (Å²) in [4.78, 5) is 25.3. The van der Waals surface area contributed by atoms with E-state index in [-0.39, 0.29) is 17.3 Å². The molecule has 0 unspecified atom stereocenters. The molecular formula is C14H22N4O3. The Labute approximate surface area is 124 Å². The van der Waals surface area contributed by atoms with Crippen molar-refractivity contribution in [1.29, 1.82) is 0 Å². The number of hydrogen-bond acceptors (Lipinski definition) is 4. The number of aryl methyl sites for hydroxylation is 1. The van der Waals surface area contributed by atoms with E-state index in [1.54, 1.807) is 11.9 Å². The summed E-state index contributed by atoms with van der Waals surface area (Å²) >= 11 is 0. The Kier molecular flexibility index (Phi) is 4.02. The smallest absolute Gasteiger partial charge is 0.323 e. The first-order chi connectivity index (χ1) is 9.73. The molecule has 0 radical (unpaired) electrons. The van der Waals surface area contributed by atoms with Crippen LogP contribution in [0.3, 0.4) is 0 Å². The highest BCUT2D eigenvalue weighted by molar-refractivity contribution is 5.97. The lowest BCUT2D eigenvalue weighted by Gasteiger charge is -2.26. The van der Waals surface area contributed by atoms with Gasteiger partial charge in [0.1, 0.15) is 5.69 Å². The molecule has 1 aromatic rings. The topological polar surface area (TPSA) is 81.3 Å². The van der Waals surface area contributed by atoms with E-state index in [0.717, 1.165) is 19.3 Å². The van der Waals surface area contributed by atoms with Crippen LogP contribution in [-0.4, -0.2) is 38.6 Å². The minimum atomic E-state index is -0.486. The van der Waals surface area contributed by atoms with Crippen LogP contribution in [0.4, 0.5) is 5.69 Å². The van der Waals surface area contributed by atoms with E-state index >= 15 is 0 Å². The number of aromatic nitrogens is 2. The summed E-state index contributed by atoms with van der Waals surface area (Å²) in [6.45, 7) is 6.89. The van der Waals surface area contributed by atoms with Crippen molar-refractivity contribution in [3.8, 4) is 0 Å². The molecule has 0 bridgehead atoms. The lowest BCUT2D eigenvalue weighted by Crippen LogP contribution is -2.37. The molecule has 7 heteroatoms. The highest BCUT2D eigenvalue weighted by atomic mass is 16.6. The van der Waals surface area contributed by atoms with Crippen molar-refractivity contribution in [3.63, 3.8) is 0 Å². The molecule has 1 amide bonds. The van der Waals surface area contributed by atoms with Crippen molar-refractivity contribution >= 4 is 11.6 Å². The maximum absolute atomic E-state index is 12.6. The molecule has 0 N–H and O–H groups in total. The van der Waals surface area contributed by atoms with Crippen molar-refractivity contribution in [3.05, 3.63) is 21.5 Å². The fourth-order valence-corrected chi connectivity index (χ4v) is 2.68. The van der Waals surface area contributed by atoms with Gasteiger partial charge in [-0.15, -0.1) is 0 Å². The van der Waals surface area contributed by atoms with Crippen molar-refractivity contribution in [1.82, 2.24) is 14.7 Å². The minimum absolute atomic E-state index is 0.0897. The molecular weight excluding hydrogens is 272 g/mol. The lowest BCUT2D eigenvalue weighted by atomic mass is 9.91. The van der Waals surface area contributed by atoms with E-state index in [0.29, 0.717) is 18.8 Å². The molecule has 0 aromatic carbocycles. The fourth-order valence-electron chi connectivity index (χ4n) is 2.68. The molecule has 116 valence electrons. The van der Waals surface area contributed by atoms with Crippen LogP contribution in [-0.2, 0) is 12.5 Å². The molecule has 2 rings (SSSR count). The predicted molar refractivity (Wildman–Crippen MR) is 78.3 cm³/mol. The quantitative estimate of drug-likeness (QED) is 0.619. The van der Waals surface area contributed by atoms with E-state index < -0.39 is 10.3 Å². The lowest BCUT2D eigenvalue weighted by molar-refractivity contribution is -0.386. The van der Waals surface area contributed by atoms with Crippen LogP contribution in [0.1, 0.15) is 56.2 Å². The van der Waals surface area contributed by atoms with E-state index in [2.05, 4.69) is 5.10 Å². The summed E-state index contributed by atoms with van der Waals surface area (Å²) in [5.41, 5.74) is -0.191. The van der Waals surface area contributed by atoms with Crippen LogP contribution in [0.2, 0.25) is 0 Å². The number of hydrogen-bond donors (Lipinski definition) is 0. The monoisotopic (exact) mass is 294 g/mol. The largest absolute Gasteiger partial charge is 0.337 e. The van der Waals surface area contributed by atoms with Crippen LogP contribution >= 0.6 is 0 Å². The van der Waals surface area contributed by atoms with Crippen molar-refractivity contribution in [2.45, 2.75) is 45.4 Å². The first kappa shape index (κ1) is 15.5. The Morgan fingerprint density at radius 3 is 2.29 bits per heavy atom. The summed E-state index contributed by atoms with van der Waals surface area (Å²) in [6.07, 6.45) is 3.00. The van der Waals surface area contributed by atoms with Gasteiger partial charge in [0.25, 0.3) is 5.91 Å². The molecule has 0 spiro atoms. The highest BCUT2D eigenvalue weighted by Gasteiger charge is 2.38. The number of nitro groups is 1. The van der Waals surface area contributed by atoms with Crippen LogP contribution < -0.4 is 0 Å². The first-order valence-corrected chi connectivity index (χ1v) is 7.24. The molecule has 2 heterocycles. The minimum Gasteiger partial charge on any atom is -0.337 e. The van der Waals surface area contributed by atoms with Crippen molar-refractivity contribution in [2.75, 3.05) is 13.1 Å². The molecule has 1 saturated heterocycles. The normalized spacial score (nSPS) is 16.1. The van der Waals surface area contributed by atoms with Crippen LogP contribution in [0.25, 0.3) is 0 Å². The zero-order valence-electron chi connectivity index (χ0n) is 13.0. The third kappa shape index (κ3) is 2.91. The van der Waals surface area contributed by atoms with Gasteiger partial charge in [0.2, 0.25) is 5.69 Å². The molecule has 1 aliphatic heterocycles. The third-order valence-electron chi connectivity index (χ3n) is 3.76. The number of rotatable bonds is 2. The van der Waals surface area contributed by atoms with Crippen LogP contribution in [0, 0.1) is 10.1 Å². The van der Waals surface area contributed by atoms with Gasteiger partial charge >= 0.3 is 5.69 Å². The summed E-state index contributed by atoms with van der Waals surface area (Å²) in [5, 5.41) is 15.7. The Morgan fingerprint density at radius 1 is 1.24 bits per heavy atom. The third-order valence-corrected chi connectivity index (χ3v) is 3.76. The molecule has 1 aliphatic rings. The number of carbonyl (C=O) groups is 1. The maximum Gasteiger partial charge on any atom is 0.323 e. The summed E-state index contributed by atoms with van der Waals surface area (Å²) in [5.74, 6) is -0.285. The van der Waals surface area contributed by atoms with Gasteiger partial charge < -0.3 is 4.90 Å². The van der Waals surface area contributed by atoms with Crippen molar-refractivity contribution < 1.29 is 9.72 Å². The summed E-state index contributed by atoms with van der Waals surface area (Å²) < 4.78 is 1.36. The Hall–Kier alpha value is -1.92. The highest BCUT2D eigenvalue weighted by Crippen LogP contribution is 2.33. The fraction of sp³-hybridized carbons (Fsp3) is 0.714. The van der Waals surface area contributed by atoms with E-state index in [1.807, 2.05) is 20.8 Å². The number of piperidine rings is 1. The molecule has 1 aromatic heterocycles. The summed E-state index contributed by atoms with van der Waals surface area (Å²) in [6, 6.07) is 0. The Morgan fingerprint density at radius 2 is 1.81 bits per heavy atom. The van der Waals surface area contributed by atoms with E-state index in [1.165, 1.54) is 4.68 Å². The first-order valence-electron chi connectivity index (χ1n) is 7.24. The molecule has 1 fully saturated rings. The summed E-state index contributed by atoms with van der Waals surface area (Å²) in [7, 11) is 1.60. The van der Waals surface area contributed by atoms with Gasteiger partial charge in [-0.05, 0) is 19.3 Å². The second kappa shape index (κ2) is 5.46. The average Bonchev–Trinajstić information content (AvgIpc) is 2.76. The second-order valence-electron chi connectivity index (χ2n) is 6.53. The van der Waals surface area contributed by atoms with E-state index in [9.17, 15) is 14.9 Å². The SMILES string of the molecule is Cn1nc(C(C)(C)C)c([N+](=O)[O-])c1C(=O)N1CCCCC1. The second-order valence-corrected chi connectivity index (χ2v) is 6.53. The Balaban J connectivity index is 2.50. The number of nitrogens with zero attached hydrogens (tertiary/aromatic N) is 4. The molecule has 7 nitrogen and oxygen atoms in total. The Bertz CT molecular complexity index is 566. The van der Waals surface area contributed by atoms with Gasteiger partial charge in [0.05, 0.1) is 4.92 Å². The molecule has 21 heavy (non-hydrogen) atoms. The molecule has 0 atom stereocenters. The van der Waals surface area contributed by atoms with Gasteiger partial charge in [-0.1, -0.05) is 20.8 Å². The van der Waals surface area contributed by atoms with Gasteiger partial charge in [-0.25, -0.2) is 0 Å². The molecule has 0 aliphatic carbocycles. The maximum atomic E-state index is 12.6. The van der Waals surface area contributed by atoms with E-state index in [4.69, 9.17) is 0 Å². The van der Waals surface area contributed by atoms with Crippen molar-refractivity contribution in [2.24, 2.45) is 7.05 Å². The average molecular weight is 294 g/mol. The van der Waals surface area contributed by atoms with Crippen LogP contribution in [0.15, 0.2) is 0 Å². The zero-order chi connectivity index (χ0) is 15.8. The zero-order valence-corrected chi connectivity index (χ0v) is 13.0. The number of likely N-dealkylation sites (tertiary alicyclic amines) is 1. The van der Waals surface area contributed by atoms with Crippen LogP contribution in [0.5, 0.6) is 0 Å². The van der Waals surface area contributed by atoms with Gasteiger partial charge in [-0.2, -0.15) is 5.10 Å². The van der Waals surface area contributed by atoms with Gasteiger partial charge in [0, 0.05) is 25.6 Å². The number of amides is 1. The standard InChI is InChI=1S/C14H22N4O3/c1-14(2,3)12-10(18(20)21)11(16(4)15-12)13(19)17-8-6-5-7-9-17/h5-9H2,1-4H3. The molecule has 0 saturated carbocycles. The predicted octanol–water partition coefficient (Wildman–Crippen LogP) is 2.25. The van der Waals surface area contributed by atoms with Gasteiger partial charge in [-0.3, -0.25) is 19.6 Å². The number of carbonyl (C=O) groups excluding carboxylic acids is 1.